The van der Waals surface area contributed by atoms with Crippen LogP contribution in [-0.4, -0.2) is 34.9 Å². The van der Waals surface area contributed by atoms with Crippen molar-refractivity contribution in [1.82, 2.24) is 9.78 Å². The molecule has 0 saturated heterocycles. The van der Waals surface area contributed by atoms with Crippen molar-refractivity contribution in [3.63, 3.8) is 0 Å². The number of anilines is 1. The number of aryl methyl sites for hydroxylation is 2. The first kappa shape index (κ1) is 13.5. The van der Waals surface area contributed by atoms with Gasteiger partial charge in [-0.15, -0.1) is 0 Å². The number of nitrogens with one attached hydrogen (secondary N) is 1. The molecule has 9 heteroatoms. The lowest BCUT2D eigenvalue weighted by atomic mass is 10.2. The Morgan fingerprint density at radius 3 is 2.79 bits per heavy atom. The summed E-state index contributed by atoms with van der Waals surface area (Å²) in [5.74, 6) is 0.130. The molecule has 104 valence electrons. The predicted octanol–water partition coefficient (Wildman–Crippen LogP) is 0.613. The minimum absolute atomic E-state index is 0.0947. The third-order valence-corrected chi connectivity index (χ3v) is 4.26. The average molecular weight is 286 g/mol. The van der Waals surface area contributed by atoms with Crippen molar-refractivity contribution in [3.05, 3.63) is 27.3 Å². The van der Waals surface area contributed by atoms with E-state index in [9.17, 15) is 18.5 Å². The van der Waals surface area contributed by atoms with E-state index in [1.807, 2.05) is 0 Å². The fourth-order valence-corrected chi connectivity index (χ4v) is 3.24. The molecule has 1 aromatic rings. The molecule has 19 heavy (non-hydrogen) atoms. The molecule has 0 aromatic carbocycles. The number of hydrogen-bond donors (Lipinski definition) is 1. The second-order valence-corrected chi connectivity index (χ2v) is 6.22. The minimum atomic E-state index is -3.20. The summed E-state index contributed by atoms with van der Waals surface area (Å²) in [4.78, 5) is 10.6. The Bertz CT molecular complexity index is 647. The van der Waals surface area contributed by atoms with Gasteiger partial charge in [-0.05, 0) is 12.5 Å². The Balaban J connectivity index is 2.33. The average Bonchev–Trinajstić information content (AvgIpc) is 2.80. The van der Waals surface area contributed by atoms with Gasteiger partial charge >= 0.3 is 5.69 Å². The van der Waals surface area contributed by atoms with Gasteiger partial charge in [0.05, 0.1) is 16.7 Å². The molecule has 1 aromatic heterocycles. The van der Waals surface area contributed by atoms with Crippen LogP contribution >= 0.6 is 0 Å². The molecule has 1 aliphatic rings. The summed E-state index contributed by atoms with van der Waals surface area (Å²) >= 11 is 0. The summed E-state index contributed by atoms with van der Waals surface area (Å²) in [6.45, 7) is 1.78. The smallest absolute Gasteiger partial charge is 0.333 e. The van der Waals surface area contributed by atoms with Crippen molar-refractivity contribution < 1.29 is 13.3 Å². The van der Waals surface area contributed by atoms with Gasteiger partial charge in [0.25, 0.3) is 0 Å². The second-order valence-electron chi connectivity index (χ2n) is 4.29. The molecule has 0 bridgehead atoms. The molecule has 1 N–H and O–H groups in total. The molecule has 1 atom stereocenters. The zero-order valence-electron chi connectivity index (χ0n) is 10.5. The van der Waals surface area contributed by atoms with Gasteiger partial charge in [0.1, 0.15) is 5.69 Å². The van der Waals surface area contributed by atoms with E-state index in [1.54, 1.807) is 14.0 Å². The van der Waals surface area contributed by atoms with Crippen molar-refractivity contribution in [2.45, 2.75) is 19.4 Å². The molecule has 0 radical (unpaired) electrons. The molecule has 0 amide bonds. The Morgan fingerprint density at radius 2 is 2.32 bits per heavy atom. The van der Waals surface area contributed by atoms with Crippen LogP contribution in [0.4, 0.5) is 11.5 Å². The SMILES string of the molecule is CCc1nn(C)c(NC2C=CS(=O)(=O)C2)c1[N+](=O)[O-]. The van der Waals surface area contributed by atoms with Gasteiger partial charge in [-0.2, -0.15) is 5.10 Å². The summed E-state index contributed by atoms with van der Waals surface area (Å²) in [5, 5.41) is 19.1. The first-order valence-corrected chi connectivity index (χ1v) is 7.43. The van der Waals surface area contributed by atoms with E-state index in [2.05, 4.69) is 10.4 Å². The Morgan fingerprint density at radius 1 is 1.63 bits per heavy atom. The molecule has 0 aliphatic carbocycles. The Kier molecular flexibility index (Phi) is 3.31. The number of hydrogen-bond acceptors (Lipinski definition) is 6. The topological polar surface area (TPSA) is 107 Å². The van der Waals surface area contributed by atoms with Crippen LogP contribution in [0.5, 0.6) is 0 Å². The first-order chi connectivity index (χ1) is 8.84. The van der Waals surface area contributed by atoms with Crippen molar-refractivity contribution in [2.75, 3.05) is 11.1 Å². The number of nitro groups is 1. The van der Waals surface area contributed by atoms with Crippen molar-refractivity contribution in [1.29, 1.82) is 0 Å². The maximum absolute atomic E-state index is 11.3. The number of nitrogens with zero attached hydrogens (tertiary/aromatic N) is 3. The van der Waals surface area contributed by atoms with Crippen LogP contribution in [0.15, 0.2) is 11.5 Å². The van der Waals surface area contributed by atoms with Gasteiger partial charge in [0.2, 0.25) is 5.82 Å². The maximum atomic E-state index is 11.3. The monoisotopic (exact) mass is 286 g/mol. The summed E-state index contributed by atoms with van der Waals surface area (Å²) < 4.78 is 24.0. The summed E-state index contributed by atoms with van der Waals surface area (Å²) in [5.41, 5.74) is 0.280. The van der Waals surface area contributed by atoms with Gasteiger partial charge in [0.15, 0.2) is 9.84 Å². The zero-order chi connectivity index (χ0) is 14.2. The molecule has 0 spiro atoms. The van der Waals surface area contributed by atoms with Crippen LogP contribution in [-0.2, 0) is 23.3 Å². The molecule has 2 heterocycles. The zero-order valence-corrected chi connectivity index (χ0v) is 11.3. The summed E-state index contributed by atoms with van der Waals surface area (Å²) in [7, 11) is -1.62. The van der Waals surface area contributed by atoms with Crippen molar-refractivity contribution in [2.24, 2.45) is 7.05 Å². The molecule has 1 aliphatic heterocycles. The summed E-state index contributed by atoms with van der Waals surface area (Å²) in [6.07, 6.45) is 1.92. The molecule has 8 nitrogen and oxygen atoms in total. The lowest BCUT2D eigenvalue weighted by Gasteiger charge is -2.10. The van der Waals surface area contributed by atoms with E-state index in [-0.39, 0.29) is 17.3 Å². The molecule has 0 saturated carbocycles. The molecular weight excluding hydrogens is 272 g/mol. The third kappa shape index (κ3) is 2.60. The highest BCUT2D eigenvalue weighted by Crippen LogP contribution is 2.29. The minimum Gasteiger partial charge on any atom is -0.357 e. The molecule has 0 fully saturated rings. The Labute approximate surface area is 110 Å². The quantitative estimate of drug-likeness (QED) is 0.642. The fourth-order valence-electron chi connectivity index (χ4n) is 2.00. The van der Waals surface area contributed by atoms with Crippen LogP contribution in [0.2, 0.25) is 0 Å². The van der Waals surface area contributed by atoms with Crippen LogP contribution in [0, 0.1) is 10.1 Å². The Hall–Kier alpha value is -1.90. The first-order valence-electron chi connectivity index (χ1n) is 5.72. The highest BCUT2D eigenvalue weighted by atomic mass is 32.2. The van der Waals surface area contributed by atoms with Crippen LogP contribution < -0.4 is 5.32 Å². The molecule has 2 rings (SSSR count). The highest BCUT2D eigenvalue weighted by molar-refractivity contribution is 7.94. The third-order valence-electron chi connectivity index (χ3n) is 2.86. The second kappa shape index (κ2) is 4.65. The van der Waals surface area contributed by atoms with Gasteiger partial charge < -0.3 is 5.32 Å². The molecule has 1 unspecified atom stereocenters. The van der Waals surface area contributed by atoms with Gasteiger partial charge in [-0.1, -0.05) is 6.92 Å². The van der Waals surface area contributed by atoms with E-state index in [0.717, 1.165) is 5.41 Å². The maximum Gasteiger partial charge on any atom is 0.333 e. The van der Waals surface area contributed by atoms with Gasteiger partial charge in [-0.25, -0.2) is 13.1 Å². The van der Waals surface area contributed by atoms with Crippen LogP contribution in [0.1, 0.15) is 12.6 Å². The number of rotatable bonds is 4. The standard InChI is InChI=1S/C10H14N4O4S/c1-3-8-9(14(15)16)10(13(2)12-8)11-7-4-5-19(17,18)6-7/h4-5,7,11H,3,6H2,1-2H3. The van der Waals surface area contributed by atoms with Crippen molar-refractivity contribution >= 4 is 21.3 Å². The van der Waals surface area contributed by atoms with Crippen LogP contribution in [0.3, 0.4) is 0 Å². The lowest BCUT2D eigenvalue weighted by Crippen LogP contribution is -2.22. The largest absolute Gasteiger partial charge is 0.357 e. The van der Waals surface area contributed by atoms with E-state index < -0.39 is 20.8 Å². The van der Waals surface area contributed by atoms with E-state index in [0.29, 0.717) is 12.1 Å². The van der Waals surface area contributed by atoms with E-state index in [4.69, 9.17) is 0 Å². The fraction of sp³-hybridized carbons (Fsp3) is 0.500. The normalized spacial score (nSPS) is 20.6. The predicted molar refractivity (Wildman–Crippen MR) is 69.6 cm³/mol. The van der Waals surface area contributed by atoms with Crippen molar-refractivity contribution in [3.8, 4) is 0 Å². The lowest BCUT2D eigenvalue weighted by molar-refractivity contribution is -0.384. The number of aromatic nitrogens is 2. The number of sulfone groups is 1. The molecular formula is C10H14N4O4S. The van der Waals surface area contributed by atoms with Gasteiger partial charge in [-0.3, -0.25) is 10.1 Å². The van der Waals surface area contributed by atoms with E-state index in [1.165, 1.54) is 10.8 Å². The van der Waals surface area contributed by atoms with Crippen LogP contribution in [0.25, 0.3) is 0 Å². The van der Waals surface area contributed by atoms with E-state index >= 15 is 0 Å². The summed E-state index contributed by atoms with van der Waals surface area (Å²) in [6, 6.07) is -0.469. The highest BCUT2D eigenvalue weighted by Gasteiger charge is 2.29. The van der Waals surface area contributed by atoms with Gasteiger partial charge in [0, 0.05) is 12.5 Å².